The molecule has 0 bridgehead atoms. The number of fused-ring (bicyclic) bond motifs is 1. The summed E-state index contributed by atoms with van der Waals surface area (Å²) in [5.74, 6) is -0.331. The summed E-state index contributed by atoms with van der Waals surface area (Å²) < 4.78 is 17.3. The number of nitrogens with one attached hydrogen (secondary N) is 2. The third kappa shape index (κ3) is 3.48. The van der Waals surface area contributed by atoms with Crippen LogP contribution in [-0.4, -0.2) is 12.0 Å². The second-order valence-corrected chi connectivity index (χ2v) is 7.86. The van der Waals surface area contributed by atoms with E-state index in [1.807, 2.05) is 19.2 Å². The summed E-state index contributed by atoms with van der Waals surface area (Å²) in [7, 11) is 1.91. The smallest absolute Gasteiger partial charge is 0.134 e. The van der Waals surface area contributed by atoms with Crippen molar-refractivity contribution in [3.8, 4) is 22.4 Å². The maximum Gasteiger partial charge on any atom is 0.134 e. The van der Waals surface area contributed by atoms with Gasteiger partial charge < -0.3 is 4.98 Å². The van der Waals surface area contributed by atoms with E-state index >= 15 is 0 Å². The molecule has 3 aromatic carbocycles. The number of hydrogen-bond acceptors (Lipinski definition) is 2. The third-order valence-corrected chi connectivity index (χ3v) is 5.59. The van der Waals surface area contributed by atoms with Crippen LogP contribution in [0.1, 0.15) is 5.56 Å². The number of H-pyrrole nitrogens is 1. The summed E-state index contributed by atoms with van der Waals surface area (Å²) >= 11 is 7.81. The number of aromatic amines is 1. The van der Waals surface area contributed by atoms with Crippen LogP contribution < -0.4 is 4.72 Å². The van der Waals surface area contributed by atoms with Gasteiger partial charge in [0.25, 0.3) is 0 Å². The lowest BCUT2D eigenvalue weighted by atomic mass is 9.99. The van der Waals surface area contributed by atoms with E-state index < -0.39 is 0 Å². The average molecular weight is 397 g/mol. The molecule has 1 aromatic heterocycles. The van der Waals surface area contributed by atoms with Crippen molar-refractivity contribution in [2.45, 2.75) is 11.8 Å². The SMILES string of the molecule is CNSc1ccc(-c2ccc3[nH]c(-c4c(F)cccc4Cl)cc3c2)c(C)c1. The van der Waals surface area contributed by atoms with Gasteiger partial charge in [0.15, 0.2) is 0 Å². The Balaban J connectivity index is 1.78. The highest BCUT2D eigenvalue weighted by Gasteiger charge is 2.13. The monoisotopic (exact) mass is 396 g/mol. The Morgan fingerprint density at radius 1 is 1.04 bits per heavy atom. The Bertz CT molecular complexity index is 1120. The molecule has 2 N–H and O–H groups in total. The summed E-state index contributed by atoms with van der Waals surface area (Å²) in [5.41, 5.74) is 5.56. The molecule has 2 nitrogen and oxygen atoms in total. The second-order valence-electron chi connectivity index (χ2n) is 6.36. The van der Waals surface area contributed by atoms with Crippen molar-refractivity contribution in [2.24, 2.45) is 0 Å². The van der Waals surface area contributed by atoms with E-state index in [1.54, 1.807) is 24.1 Å². The molecule has 0 aliphatic heterocycles. The van der Waals surface area contributed by atoms with Gasteiger partial charge in [-0.1, -0.05) is 29.8 Å². The molecule has 0 aliphatic carbocycles. The summed E-state index contributed by atoms with van der Waals surface area (Å²) in [6.45, 7) is 2.11. The van der Waals surface area contributed by atoms with Crippen molar-refractivity contribution < 1.29 is 4.39 Å². The number of aryl methyl sites for hydroxylation is 1. The lowest BCUT2D eigenvalue weighted by Gasteiger charge is -2.08. The van der Waals surface area contributed by atoms with Gasteiger partial charge in [0.2, 0.25) is 0 Å². The third-order valence-electron chi connectivity index (χ3n) is 4.58. The maximum atomic E-state index is 14.3. The first-order valence-electron chi connectivity index (χ1n) is 8.58. The predicted octanol–water partition coefficient (Wildman–Crippen LogP) is 6.83. The van der Waals surface area contributed by atoms with E-state index in [4.69, 9.17) is 11.6 Å². The van der Waals surface area contributed by atoms with Gasteiger partial charge in [0.05, 0.1) is 16.3 Å². The predicted molar refractivity (Wildman–Crippen MR) is 114 cm³/mol. The molecule has 4 aromatic rings. The molecule has 0 amide bonds. The fourth-order valence-electron chi connectivity index (χ4n) is 3.33. The zero-order valence-corrected chi connectivity index (χ0v) is 16.5. The van der Waals surface area contributed by atoms with Crippen LogP contribution in [0.15, 0.2) is 65.6 Å². The van der Waals surface area contributed by atoms with Crippen LogP contribution in [-0.2, 0) is 0 Å². The minimum absolute atomic E-state index is 0.331. The van der Waals surface area contributed by atoms with Gasteiger partial charge in [-0.2, -0.15) is 0 Å². The molecule has 1 heterocycles. The van der Waals surface area contributed by atoms with E-state index in [2.05, 4.69) is 47.0 Å². The standard InChI is InChI=1S/C22H18ClFN2S/c1-13-10-16(27-25-2)7-8-17(13)14-6-9-20-15(11-14)12-21(26-20)22-18(23)4-3-5-19(22)24/h3-12,25-26H,1-2H3. The maximum absolute atomic E-state index is 14.3. The Morgan fingerprint density at radius 2 is 1.89 bits per heavy atom. The molecule has 4 rings (SSSR count). The molecule has 0 saturated heterocycles. The van der Waals surface area contributed by atoms with Gasteiger partial charge in [0.1, 0.15) is 5.82 Å². The first-order valence-corrected chi connectivity index (χ1v) is 9.78. The molecule has 0 aliphatic rings. The zero-order valence-electron chi connectivity index (χ0n) is 14.9. The van der Waals surface area contributed by atoms with Crippen molar-refractivity contribution >= 4 is 34.5 Å². The van der Waals surface area contributed by atoms with Gasteiger partial charge in [-0.05, 0) is 85.1 Å². The molecule has 0 spiro atoms. The largest absolute Gasteiger partial charge is 0.354 e. The van der Waals surface area contributed by atoms with Crippen LogP contribution in [0, 0.1) is 12.7 Å². The number of aromatic nitrogens is 1. The van der Waals surface area contributed by atoms with Crippen molar-refractivity contribution in [3.63, 3.8) is 0 Å². The van der Waals surface area contributed by atoms with Crippen molar-refractivity contribution in [1.82, 2.24) is 9.71 Å². The normalized spacial score (nSPS) is 11.3. The fraction of sp³-hybridized carbons (Fsp3) is 0.0909. The number of rotatable bonds is 4. The van der Waals surface area contributed by atoms with Crippen LogP contribution in [0.25, 0.3) is 33.3 Å². The molecule has 0 fully saturated rings. The van der Waals surface area contributed by atoms with E-state index in [0.29, 0.717) is 16.3 Å². The highest BCUT2D eigenvalue weighted by molar-refractivity contribution is 7.97. The Kier molecular flexibility index (Phi) is 4.96. The lowest BCUT2D eigenvalue weighted by molar-refractivity contribution is 0.631. The molecule has 136 valence electrons. The van der Waals surface area contributed by atoms with Gasteiger partial charge in [-0.25, -0.2) is 4.39 Å². The molecule has 27 heavy (non-hydrogen) atoms. The van der Waals surface area contributed by atoms with Crippen LogP contribution >= 0.6 is 23.5 Å². The van der Waals surface area contributed by atoms with E-state index in [0.717, 1.165) is 16.5 Å². The number of benzene rings is 3. The zero-order chi connectivity index (χ0) is 19.0. The van der Waals surface area contributed by atoms with Gasteiger partial charge in [0, 0.05) is 15.8 Å². The van der Waals surface area contributed by atoms with Crippen molar-refractivity contribution in [3.05, 3.63) is 77.1 Å². The average Bonchev–Trinajstić information content (AvgIpc) is 3.04. The molecular weight excluding hydrogens is 379 g/mol. The second kappa shape index (κ2) is 7.39. The molecular formula is C22H18ClFN2S. The summed E-state index contributed by atoms with van der Waals surface area (Å²) in [6, 6.07) is 19.3. The van der Waals surface area contributed by atoms with Crippen LogP contribution in [0.4, 0.5) is 4.39 Å². The molecule has 5 heteroatoms. The first kappa shape index (κ1) is 18.1. The van der Waals surface area contributed by atoms with Gasteiger partial charge in [-0.3, -0.25) is 4.72 Å². The lowest BCUT2D eigenvalue weighted by Crippen LogP contribution is -1.91. The Labute approximate surface area is 166 Å². The topological polar surface area (TPSA) is 27.8 Å². The Hall–Kier alpha value is -2.27. The quantitative estimate of drug-likeness (QED) is 0.370. The minimum atomic E-state index is -0.331. The van der Waals surface area contributed by atoms with E-state index in [1.165, 1.54) is 22.1 Å². The molecule has 0 unspecified atom stereocenters. The number of halogens is 2. The van der Waals surface area contributed by atoms with Crippen LogP contribution in [0.2, 0.25) is 5.02 Å². The highest BCUT2D eigenvalue weighted by atomic mass is 35.5. The van der Waals surface area contributed by atoms with Gasteiger partial charge >= 0.3 is 0 Å². The van der Waals surface area contributed by atoms with Crippen LogP contribution in [0.5, 0.6) is 0 Å². The first-order chi connectivity index (χ1) is 13.1. The Morgan fingerprint density at radius 3 is 2.63 bits per heavy atom. The minimum Gasteiger partial charge on any atom is -0.354 e. The van der Waals surface area contributed by atoms with Crippen LogP contribution in [0.3, 0.4) is 0 Å². The summed E-state index contributed by atoms with van der Waals surface area (Å²) in [4.78, 5) is 4.46. The van der Waals surface area contributed by atoms with Crippen molar-refractivity contribution in [1.29, 1.82) is 0 Å². The van der Waals surface area contributed by atoms with Crippen molar-refractivity contribution in [2.75, 3.05) is 7.05 Å². The molecule has 0 atom stereocenters. The van der Waals surface area contributed by atoms with E-state index in [9.17, 15) is 4.39 Å². The molecule has 0 saturated carbocycles. The van der Waals surface area contributed by atoms with Gasteiger partial charge in [-0.15, -0.1) is 0 Å². The van der Waals surface area contributed by atoms with E-state index in [-0.39, 0.29) is 5.82 Å². The number of hydrogen-bond donors (Lipinski definition) is 2. The fourth-order valence-corrected chi connectivity index (χ4v) is 4.20. The highest BCUT2D eigenvalue weighted by Crippen LogP contribution is 2.34. The summed E-state index contributed by atoms with van der Waals surface area (Å²) in [5, 5.41) is 1.42. The molecule has 0 radical (unpaired) electrons. The summed E-state index contributed by atoms with van der Waals surface area (Å²) in [6.07, 6.45) is 0.